The number of methoxy groups -OCH3 is 1. The molecule has 132 valence electrons. The highest BCUT2D eigenvalue weighted by Crippen LogP contribution is 2.20. The van der Waals surface area contributed by atoms with Crippen LogP contribution in [0, 0.1) is 11.7 Å². The summed E-state index contributed by atoms with van der Waals surface area (Å²) in [6.45, 7) is 4.27. The first-order valence-electron chi connectivity index (χ1n) is 7.94. The van der Waals surface area contributed by atoms with E-state index in [-0.39, 0.29) is 11.6 Å². The average molecular weight is 344 g/mol. The van der Waals surface area contributed by atoms with Crippen molar-refractivity contribution in [1.82, 2.24) is 0 Å². The monoisotopic (exact) mass is 344 g/mol. The molecule has 5 nitrogen and oxygen atoms in total. The van der Waals surface area contributed by atoms with E-state index >= 15 is 0 Å². The number of amides is 2. The molecule has 0 aliphatic rings. The maximum absolute atomic E-state index is 13.7. The second-order valence-corrected chi connectivity index (χ2v) is 6.06. The minimum absolute atomic E-state index is 0.0723. The maximum atomic E-state index is 13.7. The van der Waals surface area contributed by atoms with E-state index in [1.807, 2.05) is 12.1 Å². The predicted molar refractivity (Wildman–Crippen MR) is 95.4 cm³/mol. The van der Waals surface area contributed by atoms with E-state index in [1.165, 1.54) is 19.2 Å². The molecule has 2 aromatic carbocycles. The summed E-state index contributed by atoms with van der Waals surface area (Å²) in [6.07, 6.45) is 0.158. The summed E-state index contributed by atoms with van der Waals surface area (Å²) in [5, 5.41) is 4.93. The van der Waals surface area contributed by atoms with Gasteiger partial charge in [0.2, 0.25) is 0 Å². The third kappa shape index (κ3) is 5.31. The zero-order chi connectivity index (χ0) is 18.4. The number of benzene rings is 2. The highest BCUT2D eigenvalue weighted by atomic mass is 19.1. The van der Waals surface area contributed by atoms with Gasteiger partial charge in [0, 0.05) is 11.3 Å². The Bertz CT molecular complexity index is 758. The number of ether oxygens (including phenoxy) is 1. The second kappa shape index (κ2) is 8.28. The minimum Gasteiger partial charge on any atom is -0.453 e. The molecule has 0 aliphatic carbocycles. The van der Waals surface area contributed by atoms with Crippen LogP contribution in [0.3, 0.4) is 0 Å². The predicted octanol–water partition coefficient (Wildman–Crippen LogP) is 4.45. The molecule has 0 saturated carbocycles. The molecule has 2 N–H and O–H groups in total. The number of nitrogens with one attached hydrogen (secondary N) is 2. The van der Waals surface area contributed by atoms with Gasteiger partial charge in [-0.3, -0.25) is 10.1 Å². The van der Waals surface area contributed by atoms with Crippen molar-refractivity contribution in [3.63, 3.8) is 0 Å². The maximum Gasteiger partial charge on any atom is 0.411 e. The lowest BCUT2D eigenvalue weighted by Crippen LogP contribution is -2.14. The van der Waals surface area contributed by atoms with E-state index in [1.54, 1.807) is 12.1 Å². The van der Waals surface area contributed by atoms with Crippen molar-refractivity contribution in [2.45, 2.75) is 20.3 Å². The van der Waals surface area contributed by atoms with E-state index in [4.69, 9.17) is 0 Å². The Morgan fingerprint density at radius 2 is 1.76 bits per heavy atom. The summed E-state index contributed by atoms with van der Waals surface area (Å²) in [6, 6.07) is 11.3. The summed E-state index contributed by atoms with van der Waals surface area (Å²) in [5.41, 5.74) is 1.96. The molecule has 0 saturated heterocycles. The van der Waals surface area contributed by atoms with Crippen LogP contribution in [0.5, 0.6) is 0 Å². The molecule has 0 unspecified atom stereocenters. The first-order chi connectivity index (χ1) is 11.9. The summed E-state index contributed by atoms with van der Waals surface area (Å²) in [4.78, 5) is 23.5. The largest absolute Gasteiger partial charge is 0.453 e. The van der Waals surface area contributed by atoms with E-state index in [0.29, 0.717) is 17.2 Å². The highest BCUT2D eigenvalue weighted by Gasteiger charge is 2.11. The van der Waals surface area contributed by atoms with Crippen LogP contribution in [0.1, 0.15) is 29.8 Å². The summed E-state index contributed by atoms with van der Waals surface area (Å²) < 4.78 is 18.1. The lowest BCUT2D eigenvalue weighted by Gasteiger charge is -2.10. The molecule has 2 rings (SSSR count). The zero-order valence-electron chi connectivity index (χ0n) is 14.4. The van der Waals surface area contributed by atoms with Crippen molar-refractivity contribution in [2.75, 3.05) is 17.7 Å². The molecule has 2 amide bonds. The van der Waals surface area contributed by atoms with Crippen LogP contribution >= 0.6 is 0 Å². The molecular weight excluding hydrogens is 323 g/mol. The SMILES string of the molecule is COC(=O)Nc1cc(NC(=O)c2ccc(CC(C)C)cc2)ccc1F. The van der Waals surface area contributed by atoms with Crippen molar-refractivity contribution in [3.05, 3.63) is 59.4 Å². The fourth-order valence-corrected chi connectivity index (χ4v) is 2.33. The summed E-state index contributed by atoms with van der Waals surface area (Å²) in [7, 11) is 1.18. The Morgan fingerprint density at radius 3 is 2.36 bits per heavy atom. The molecule has 6 heteroatoms. The van der Waals surface area contributed by atoms with Crippen LogP contribution < -0.4 is 10.6 Å². The molecule has 2 aromatic rings. The Hall–Kier alpha value is -2.89. The van der Waals surface area contributed by atoms with Gasteiger partial charge in [-0.25, -0.2) is 9.18 Å². The Kier molecular flexibility index (Phi) is 6.11. The fraction of sp³-hybridized carbons (Fsp3) is 0.263. The van der Waals surface area contributed by atoms with Crippen molar-refractivity contribution in [1.29, 1.82) is 0 Å². The molecular formula is C19H21FN2O3. The molecule has 0 fully saturated rings. The standard InChI is InChI=1S/C19H21FN2O3/c1-12(2)10-13-4-6-14(7-5-13)18(23)21-15-8-9-16(20)17(11-15)22-19(24)25-3/h4-9,11-12H,10H2,1-3H3,(H,21,23)(H,22,24). The van der Waals surface area contributed by atoms with Crippen LogP contribution in [-0.2, 0) is 11.2 Å². The molecule has 0 heterocycles. The molecule has 0 bridgehead atoms. The van der Waals surface area contributed by atoms with E-state index < -0.39 is 11.9 Å². The van der Waals surface area contributed by atoms with Crippen LogP contribution in [0.2, 0.25) is 0 Å². The molecule has 0 spiro atoms. The minimum atomic E-state index is -0.789. The van der Waals surface area contributed by atoms with Crippen molar-refractivity contribution < 1.29 is 18.7 Å². The number of carbonyl (C=O) groups excluding carboxylic acids is 2. The molecule has 25 heavy (non-hydrogen) atoms. The first kappa shape index (κ1) is 18.4. The van der Waals surface area contributed by atoms with Crippen molar-refractivity contribution in [3.8, 4) is 0 Å². The van der Waals surface area contributed by atoms with Crippen LogP contribution in [0.25, 0.3) is 0 Å². The third-order valence-corrected chi connectivity index (χ3v) is 3.51. The van der Waals surface area contributed by atoms with Gasteiger partial charge in [0.25, 0.3) is 5.91 Å². The van der Waals surface area contributed by atoms with Crippen LogP contribution in [0.15, 0.2) is 42.5 Å². The fourth-order valence-electron chi connectivity index (χ4n) is 2.33. The van der Waals surface area contributed by atoms with E-state index in [0.717, 1.165) is 18.1 Å². The topological polar surface area (TPSA) is 67.4 Å². The number of carbonyl (C=O) groups is 2. The number of hydrogen-bond donors (Lipinski definition) is 2. The van der Waals surface area contributed by atoms with Gasteiger partial charge in [-0.15, -0.1) is 0 Å². The Balaban J connectivity index is 2.09. The van der Waals surface area contributed by atoms with Gasteiger partial charge in [-0.1, -0.05) is 26.0 Å². The quantitative estimate of drug-likeness (QED) is 0.842. The highest BCUT2D eigenvalue weighted by molar-refractivity contribution is 6.04. The Labute approximate surface area is 146 Å². The summed E-state index contributed by atoms with van der Waals surface area (Å²) >= 11 is 0. The van der Waals surface area contributed by atoms with Gasteiger partial charge >= 0.3 is 6.09 Å². The Morgan fingerprint density at radius 1 is 1.08 bits per heavy atom. The van der Waals surface area contributed by atoms with E-state index in [2.05, 4.69) is 29.2 Å². The van der Waals surface area contributed by atoms with Gasteiger partial charge in [-0.2, -0.15) is 0 Å². The zero-order valence-corrected chi connectivity index (χ0v) is 14.4. The van der Waals surface area contributed by atoms with E-state index in [9.17, 15) is 14.0 Å². The van der Waals surface area contributed by atoms with Crippen LogP contribution in [-0.4, -0.2) is 19.1 Å². The third-order valence-electron chi connectivity index (χ3n) is 3.51. The lowest BCUT2D eigenvalue weighted by molar-refractivity contribution is 0.102. The van der Waals surface area contributed by atoms with Gasteiger partial charge < -0.3 is 10.1 Å². The normalized spacial score (nSPS) is 10.4. The average Bonchev–Trinajstić information content (AvgIpc) is 2.57. The molecule has 0 radical (unpaired) electrons. The number of rotatable bonds is 5. The molecule has 0 aromatic heterocycles. The first-order valence-corrected chi connectivity index (χ1v) is 7.94. The van der Waals surface area contributed by atoms with Crippen molar-refractivity contribution in [2.24, 2.45) is 5.92 Å². The van der Waals surface area contributed by atoms with Gasteiger partial charge in [-0.05, 0) is 48.2 Å². The van der Waals surface area contributed by atoms with Crippen LogP contribution in [0.4, 0.5) is 20.6 Å². The second-order valence-electron chi connectivity index (χ2n) is 6.06. The molecule has 0 atom stereocenters. The van der Waals surface area contributed by atoms with Crippen molar-refractivity contribution >= 4 is 23.4 Å². The van der Waals surface area contributed by atoms with Gasteiger partial charge in [0.15, 0.2) is 0 Å². The van der Waals surface area contributed by atoms with Gasteiger partial charge in [0.1, 0.15) is 5.82 Å². The summed E-state index contributed by atoms with van der Waals surface area (Å²) in [5.74, 6) is -0.396. The molecule has 0 aliphatic heterocycles. The van der Waals surface area contributed by atoms with Gasteiger partial charge in [0.05, 0.1) is 12.8 Å². The number of halogens is 1. The number of anilines is 2. The lowest BCUT2D eigenvalue weighted by atomic mass is 10.0. The number of hydrogen-bond acceptors (Lipinski definition) is 3. The smallest absolute Gasteiger partial charge is 0.411 e.